The second-order valence-electron chi connectivity index (χ2n) is 10.8. The molecule has 11 heteroatoms. The Balaban J connectivity index is 1.47. The molecule has 1 amide bonds. The van der Waals surface area contributed by atoms with Crippen molar-refractivity contribution >= 4 is 22.4 Å². The van der Waals surface area contributed by atoms with E-state index in [-0.39, 0.29) is 23.3 Å². The molecule has 5 N–H and O–H groups in total. The van der Waals surface area contributed by atoms with Crippen LogP contribution in [0.4, 0.5) is 23.2 Å². The third-order valence-corrected chi connectivity index (χ3v) is 8.41. The fraction of sp³-hybridized carbons (Fsp3) is 0.364. The lowest BCUT2D eigenvalue weighted by Gasteiger charge is -2.26. The Kier molecular flexibility index (Phi) is 12.1. The van der Waals surface area contributed by atoms with Gasteiger partial charge in [-0.25, -0.2) is 17.6 Å². The highest BCUT2D eigenvalue weighted by Crippen LogP contribution is 2.30. The minimum Gasteiger partial charge on any atom is -0.324 e. The zero-order chi connectivity index (χ0) is 31.6. The van der Waals surface area contributed by atoms with E-state index in [0.29, 0.717) is 48.9 Å². The molecule has 6 nitrogen and oxygen atoms in total. The predicted octanol–water partition coefficient (Wildman–Crippen LogP) is 4.37. The molecular weight excluding hydrogens is 592 g/mol. The lowest BCUT2D eigenvalue weighted by Crippen LogP contribution is -2.44. The van der Waals surface area contributed by atoms with Gasteiger partial charge in [-0.1, -0.05) is 30.0 Å². The van der Waals surface area contributed by atoms with Crippen LogP contribution in [0.2, 0.25) is 0 Å². The first-order valence-corrected chi connectivity index (χ1v) is 16.1. The monoisotopic (exact) mass is 628 g/mol. The number of halogens is 4. The summed E-state index contributed by atoms with van der Waals surface area (Å²) in [5.74, 6) is 2.47. The van der Waals surface area contributed by atoms with Crippen LogP contribution < -0.4 is 21.7 Å². The van der Waals surface area contributed by atoms with Crippen LogP contribution in [0, 0.1) is 35.1 Å². The van der Waals surface area contributed by atoms with Crippen LogP contribution in [0.25, 0.3) is 0 Å². The first kappa shape index (κ1) is 33.3. The van der Waals surface area contributed by atoms with Crippen molar-refractivity contribution in [1.29, 1.82) is 0 Å². The summed E-state index contributed by atoms with van der Waals surface area (Å²) in [6.45, 7) is 1.07. The van der Waals surface area contributed by atoms with Crippen LogP contribution in [-0.4, -0.2) is 53.3 Å². The molecule has 234 valence electrons. The molecular formula is C33H36F4N4O2S. The minimum absolute atomic E-state index is 0.0198. The second-order valence-corrected chi connectivity index (χ2v) is 12.4. The fourth-order valence-corrected chi connectivity index (χ4v) is 5.87. The third kappa shape index (κ3) is 9.47. The maximum absolute atomic E-state index is 15.1. The standard InChI is InChI=1S/C33H36F4N4O2S/c1-44(43)16-4-6-26-5-3-15-39-27(20-40-26)13-14-28-29(37)7-2-8-30(28)41-33(42)32(38)31(21-9-11-23(34)12-10-21)22-17-24(35)19-25(36)18-22/h2,7-12,17-19,26-27,31-32,39-40H,4,6,13-16,20,38H2,1H3,(H,41,42)/t26?,27?,31-,32-,44?/m0/s1. The van der Waals surface area contributed by atoms with Gasteiger partial charge in [0.05, 0.1) is 18.6 Å². The van der Waals surface area contributed by atoms with E-state index in [1.165, 1.54) is 36.4 Å². The number of anilines is 1. The van der Waals surface area contributed by atoms with Crippen molar-refractivity contribution in [2.75, 3.05) is 30.4 Å². The lowest BCUT2D eigenvalue weighted by molar-refractivity contribution is -0.117. The number of hydrogen-bond acceptors (Lipinski definition) is 5. The first-order valence-electron chi connectivity index (χ1n) is 14.4. The number of amides is 1. The van der Waals surface area contributed by atoms with Gasteiger partial charge in [0.15, 0.2) is 0 Å². The van der Waals surface area contributed by atoms with Gasteiger partial charge in [-0.15, -0.1) is 0 Å². The van der Waals surface area contributed by atoms with E-state index < -0.39 is 51.9 Å². The molecule has 0 bridgehead atoms. The van der Waals surface area contributed by atoms with Crippen molar-refractivity contribution in [1.82, 2.24) is 10.6 Å². The molecule has 3 aromatic rings. The molecule has 3 aromatic carbocycles. The van der Waals surface area contributed by atoms with Crippen LogP contribution in [-0.2, 0) is 22.0 Å². The topological polar surface area (TPSA) is 96.2 Å². The summed E-state index contributed by atoms with van der Waals surface area (Å²) < 4.78 is 68.5. The Bertz CT molecular complexity index is 1510. The van der Waals surface area contributed by atoms with Crippen LogP contribution in [0.5, 0.6) is 0 Å². The van der Waals surface area contributed by atoms with Crippen LogP contribution in [0.15, 0.2) is 60.7 Å². The summed E-state index contributed by atoms with van der Waals surface area (Å²) in [6.07, 6.45) is 4.09. The number of benzene rings is 3. The molecule has 1 aliphatic rings. The van der Waals surface area contributed by atoms with E-state index >= 15 is 4.39 Å². The van der Waals surface area contributed by atoms with Crippen molar-refractivity contribution in [2.45, 2.75) is 49.7 Å². The van der Waals surface area contributed by atoms with Crippen molar-refractivity contribution in [3.05, 3.63) is 101 Å². The molecule has 44 heavy (non-hydrogen) atoms. The Morgan fingerprint density at radius 3 is 2.43 bits per heavy atom. The summed E-state index contributed by atoms with van der Waals surface area (Å²) in [4.78, 5) is 13.5. The normalized spacial score (nSPS) is 18.7. The number of rotatable bonds is 12. The number of carbonyl (C=O) groups is 1. The maximum Gasteiger partial charge on any atom is 0.242 e. The summed E-state index contributed by atoms with van der Waals surface area (Å²) in [7, 11) is -0.852. The Labute approximate surface area is 257 Å². The molecule has 0 saturated heterocycles. The van der Waals surface area contributed by atoms with E-state index in [4.69, 9.17) is 5.73 Å². The lowest BCUT2D eigenvalue weighted by atomic mass is 9.84. The fourth-order valence-electron chi connectivity index (χ4n) is 5.29. The maximum atomic E-state index is 15.1. The molecule has 0 saturated carbocycles. The highest BCUT2D eigenvalue weighted by molar-refractivity contribution is 7.84. The highest BCUT2D eigenvalue weighted by Gasteiger charge is 2.29. The molecule has 4 rings (SSSR count). The minimum atomic E-state index is -1.35. The van der Waals surface area contributed by atoms with Gasteiger partial charge in [0.1, 0.15) is 23.3 Å². The molecule has 0 aliphatic carbocycles. The number of carbonyl (C=O) groups excluding carboxylic acids is 1. The molecule has 0 fully saturated rings. The second kappa shape index (κ2) is 16.0. The molecule has 1 aliphatic heterocycles. The summed E-state index contributed by atoms with van der Waals surface area (Å²) in [6, 6.07) is 11.0. The van der Waals surface area contributed by atoms with Crippen molar-refractivity contribution in [3.63, 3.8) is 0 Å². The predicted molar refractivity (Wildman–Crippen MR) is 165 cm³/mol. The van der Waals surface area contributed by atoms with Crippen LogP contribution in [0.3, 0.4) is 0 Å². The van der Waals surface area contributed by atoms with E-state index in [0.717, 1.165) is 25.0 Å². The Morgan fingerprint density at radius 2 is 1.73 bits per heavy atom. The van der Waals surface area contributed by atoms with Crippen LogP contribution in [0.1, 0.15) is 41.9 Å². The summed E-state index contributed by atoms with van der Waals surface area (Å²) in [5, 5.41) is 9.48. The van der Waals surface area contributed by atoms with E-state index in [1.807, 2.05) is 0 Å². The quantitative estimate of drug-likeness (QED) is 0.177. The van der Waals surface area contributed by atoms with Crippen molar-refractivity contribution in [3.8, 4) is 11.8 Å². The third-order valence-electron chi connectivity index (χ3n) is 7.55. The van der Waals surface area contributed by atoms with Gasteiger partial charge in [0.2, 0.25) is 5.91 Å². The van der Waals surface area contributed by atoms with Crippen molar-refractivity contribution < 1.29 is 26.6 Å². The molecule has 0 aromatic heterocycles. The average Bonchev–Trinajstić information content (AvgIpc) is 2.95. The first-order chi connectivity index (χ1) is 21.1. The van der Waals surface area contributed by atoms with Gasteiger partial charge >= 0.3 is 0 Å². The summed E-state index contributed by atoms with van der Waals surface area (Å²) >= 11 is 0. The summed E-state index contributed by atoms with van der Waals surface area (Å²) in [5.41, 5.74) is 7.40. The van der Waals surface area contributed by atoms with Gasteiger partial charge in [-0.2, -0.15) is 0 Å². The SMILES string of the molecule is CS(=O)CCCC1C#CCNC(CCc2c(F)cccc2NC(=O)[C@@H](N)[C@@H](c2ccc(F)cc2)c2cc(F)cc(F)c2)CN1. The van der Waals surface area contributed by atoms with Gasteiger partial charge < -0.3 is 21.7 Å². The molecule has 5 atom stereocenters. The highest BCUT2D eigenvalue weighted by atomic mass is 32.2. The van der Waals surface area contributed by atoms with Gasteiger partial charge in [-0.05, 0) is 73.2 Å². The van der Waals surface area contributed by atoms with E-state index in [1.54, 1.807) is 12.3 Å². The van der Waals surface area contributed by atoms with Gasteiger partial charge in [-0.3, -0.25) is 9.00 Å². The smallest absolute Gasteiger partial charge is 0.242 e. The zero-order valence-electron chi connectivity index (χ0n) is 24.3. The van der Waals surface area contributed by atoms with Gasteiger partial charge in [0.25, 0.3) is 0 Å². The van der Waals surface area contributed by atoms with E-state index in [9.17, 15) is 22.2 Å². The average molecular weight is 629 g/mol. The van der Waals surface area contributed by atoms with Crippen molar-refractivity contribution in [2.24, 2.45) is 5.73 Å². The number of hydrogen-bond donors (Lipinski definition) is 4. The number of nitrogens with one attached hydrogen (secondary N) is 3. The van der Waals surface area contributed by atoms with Crippen LogP contribution >= 0.6 is 0 Å². The zero-order valence-corrected chi connectivity index (χ0v) is 25.2. The molecule has 1 heterocycles. The largest absolute Gasteiger partial charge is 0.324 e. The molecule has 0 spiro atoms. The molecule has 3 unspecified atom stereocenters. The number of nitrogens with two attached hydrogens (primary N) is 1. The molecule has 0 radical (unpaired) electrons. The Hall–Kier alpha value is -3.56. The van der Waals surface area contributed by atoms with Gasteiger partial charge in [0, 0.05) is 58.6 Å². The van der Waals surface area contributed by atoms with E-state index in [2.05, 4.69) is 27.8 Å². The Morgan fingerprint density at radius 1 is 1.00 bits per heavy atom.